The fourth-order valence-corrected chi connectivity index (χ4v) is 1.72. The standard InChI is InChI=1S/C17H20O6/c1-3-5-16(20)22-13-9-7-12(8-10-15(18)19)11-14(13)23-17(21)6-4-2/h7-11H,3-6H2,1-2H3,(H,18,19). The largest absolute Gasteiger partial charge is 0.478 e. The molecule has 0 heterocycles. The van der Waals surface area contributed by atoms with Crippen molar-refractivity contribution in [3.63, 3.8) is 0 Å². The zero-order valence-corrected chi connectivity index (χ0v) is 13.2. The summed E-state index contributed by atoms with van der Waals surface area (Å²) in [6.07, 6.45) is 4.08. The predicted molar refractivity (Wildman–Crippen MR) is 84.2 cm³/mol. The molecule has 0 aliphatic carbocycles. The second kappa shape index (κ2) is 9.40. The van der Waals surface area contributed by atoms with E-state index in [-0.39, 0.29) is 24.3 Å². The van der Waals surface area contributed by atoms with Crippen molar-refractivity contribution in [2.24, 2.45) is 0 Å². The van der Waals surface area contributed by atoms with Crippen molar-refractivity contribution >= 4 is 24.0 Å². The number of carboxylic acids is 1. The van der Waals surface area contributed by atoms with Gasteiger partial charge < -0.3 is 14.6 Å². The monoisotopic (exact) mass is 320 g/mol. The number of carbonyl (C=O) groups excluding carboxylic acids is 2. The number of carbonyl (C=O) groups is 3. The van der Waals surface area contributed by atoms with Gasteiger partial charge >= 0.3 is 17.9 Å². The van der Waals surface area contributed by atoms with Crippen molar-refractivity contribution in [3.8, 4) is 11.5 Å². The summed E-state index contributed by atoms with van der Waals surface area (Å²) in [6, 6.07) is 4.51. The fourth-order valence-electron chi connectivity index (χ4n) is 1.72. The molecular formula is C17H20O6. The Balaban J connectivity index is 3.04. The highest BCUT2D eigenvalue weighted by Crippen LogP contribution is 2.30. The molecule has 0 atom stereocenters. The number of hydrogen-bond donors (Lipinski definition) is 1. The van der Waals surface area contributed by atoms with Crippen LogP contribution in [0, 0.1) is 0 Å². The second-order valence-electron chi connectivity index (χ2n) is 4.83. The SMILES string of the molecule is CCCC(=O)Oc1ccc(C=CC(=O)O)cc1OC(=O)CCC. The Labute approximate surface area is 134 Å². The van der Waals surface area contributed by atoms with E-state index in [2.05, 4.69) is 0 Å². The van der Waals surface area contributed by atoms with Crippen molar-refractivity contribution in [2.45, 2.75) is 39.5 Å². The predicted octanol–water partition coefficient (Wildman–Crippen LogP) is 3.20. The van der Waals surface area contributed by atoms with Gasteiger partial charge in [0.15, 0.2) is 11.5 Å². The van der Waals surface area contributed by atoms with E-state index in [4.69, 9.17) is 14.6 Å². The number of benzene rings is 1. The molecule has 0 spiro atoms. The summed E-state index contributed by atoms with van der Waals surface area (Å²) in [5.41, 5.74) is 0.516. The summed E-state index contributed by atoms with van der Waals surface area (Å²) < 4.78 is 10.4. The molecular weight excluding hydrogens is 300 g/mol. The molecule has 0 fully saturated rings. The average molecular weight is 320 g/mol. The topological polar surface area (TPSA) is 89.9 Å². The van der Waals surface area contributed by atoms with Crippen LogP contribution in [0.4, 0.5) is 0 Å². The third kappa shape index (κ3) is 6.78. The van der Waals surface area contributed by atoms with Crippen LogP contribution in [0.15, 0.2) is 24.3 Å². The number of ether oxygens (including phenoxy) is 2. The Bertz CT molecular complexity index is 603. The molecule has 0 saturated heterocycles. The summed E-state index contributed by atoms with van der Waals surface area (Å²) in [5.74, 6) is -1.72. The van der Waals surface area contributed by atoms with Gasteiger partial charge in [-0.25, -0.2) is 4.79 Å². The number of esters is 2. The van der Waals surface area contributed by atoms with E-state index < -0.39 is 17.9 Å². The molecule has 124 valence electrons. The van der Waals surface area contributed by atoms with Gasteiger partial charge in [-0.05, 0) is 36.6 Å². The zero-order chi connectivity index (χ0) is 17.2. The third-order valence-corrected chi connectivity index (χ3v) is 2.74. The molecule has 1 aromatic carbocycles. The summed E-state index contributed by atoms with van der Waals surface area (Å²) >= 11 is 0. The lowest BCUT2D eigenvalue weighted by molar-refractivity contribution is -0.137. The van der Waals surface area contributed by atoms with E-state index in [1.54, 1.807) is 6.07 Å². The molecule has 0 bridgehead atoms. The van der Waals surface area contributed by atoms with Crippen LogP contribution in [0.5, 0.6) is 11.5 Å². The van der Waals surface area contributed by atoms with Gasteiger partial charge in [0.1, 0.15) is 0 Å². The molecule has 0 amide bonds. The van der Waals surface area contributed by atoms with Crippen LogP contribution in [0.1, 0.15) is 45.1 Å². The minimum Gasteiger partial charge on any atom is -0.478 e. The molecule has 6 heteroatoms. The Kier molecular flexibility index (Phi) is 7.53. The van der Waals surface area contributed by atoms with Crippen LogP contribution in [0.3, 0.4) is 0 Å². The highest BCUT2D eigenvalue weighted by atomic mass is 16.6. The fraction of sp³-hybridized carbons (Fsp3) is 0.353. The quantitative estimate of drug-likeness (QED) is 0.449. The van der Waals surface area contributed by atoms with Gasteiger partial charge in [-0.1, -0.05) is 19.9 Å². The molecule has 6 nitrogen and oxygen atoms in total. The zero-order valence-electron chi connectivity index (χ0n) is 13.2. The minimum atomic E-state index is -1.09. The molecule has 0 saturated carbocycles. The van der Waals surface area contributed by atoms with E-state index in [0.717, 1.165) is 6.08 Å². The van der Waals surface area contributed by atoms with Gasteiger partial charge in [0.05, 0.1) is 0 Å². The van der Waals surface area contributed by atoms with Crippen LogP contribution >= 0.6 is 0 Å². The van der Waals surface area contributed by atoms with Crippen molar-refractivity contribution in [3.05, 3.63) is 29.8 Å². The van der Waals surface area contributed by atoms with Gasteiger partial charge in [-0.15, -0.1) is 0 Å². The molecule has 0 aromatic heterocycles. The molecule has 0 aliphatic rings. The first-order chi connectivity index (χ1) is 11.0. The molecule has 1 N–H and O–H groups in total. The lowest BCUT2D eigenvalue weighted by Gasteiger charge is -2.11. The van der Waals surface area contributed by atoms with E-state index >= 15 is 0 Å². The Morgan fingerprint density at radius 2 is 1.57 bits per heavy atom. The Morgan fingerprint density at radius 3 is 2.09 bits per heavy atom. The normalized spacial score (nSPS) is 10.5. The van der Waals surface area contributed by atoms with Gasteiger partial charge in [-0.2, -0.15) is 0 Å². The van der Waals surface area contributed by atoms with E-state index in [0.29, 0.717) is 18.4 Å². The molecule has 0 radical (unpaired) electrons. The second-order valence-corrected chi connectivity index (χ2v) is 4.83. The van der Waals surface area contributed by atoms with Crippen molar-refractivity contribution in [2.75, 3.05) is 0 Å². The first-order valence-electron chi connectivity index (χ1n) is 7.42. The van der Waals surface area contributed by atoms with Gasteiger partial charge in [-0.3, -0.25) is 9.59 Å². The van der Waals surface area contributed by atoms with Crippen LogP contribution in [-0.2, 0) is 14.4 Å². The maximum atomic E-state index is 11.7. The summed E-state index contributed by atoms with van der Waals surface area (Å²) in [4.78, 5) is 33.9. The van der Waals surface area contributed by atoms with E-state index in [1.165, 1.54) is 18.2 Å². The van der Waals surface area contributed by atoms with Crippen LogP contribution < -0.4 is 9.47 Å². The number of rotatable bonds is 8. The van der Waals surface area contributed by atoms with Gasteiger partial charge in [0, 0.05) is 18.9 Å². The smallest absolute Gasteiger partial charge is 0.328 e. The molecule has 1 rings (SSSR count). The highest BCUT2D eigenvalue weighted by Gasteiger charge is 2.13. The molecule has 1 aromatic rings. The minimum absolute atomic E-state index is 0.0976. The number of hydrogen-bond acceptors (Lipinski definition) is 5. The number of carboxylic acid groups (broad SMARTS) is 1. The summed E-state index contributed by atoms with van der Waals surface area (Å²) in [7, 11) is 0. The average Bonchev–Trinajstić information content (AvgIpc) is 2.48. The maximum absolute atomic E-state index is 11.7. The first kappa shape index (κ1) is 18.4. The van der Waals surface area contributed by atoms with Crippen LogP contribution in [-0.4, -0.2) is 23.0 Å². The van der Waals surface area contributed by atoms with Crippen molar-refractivity contribution < 1.29 is 29.0 Å². The van der Waals surface area contributed by atoms with Gasteiger partial charge in [0.2, 0.25) is 0 Å². The van der Waals surface area contributed by atoms with E-state index in [9.17, 15) is 14.4 Å². The third-order valence-electron chi connectivity index (χ3n) is 2.74. The van der Waals surface area contributed by atoms with Crippen molar-refractivity contribution in [1.82, 2.24) is 0 Å². The lowest BCUT2D eigenvalue weighted by atomic mass is 10.2. The van der Waals surface area contributed by atoms with Crippen molar-refractivity contribution in [1.29, 1.82) is 0 Å². The maximum Gasteiger partial charge on any atom is 0.328 e. The van der Waals surface area contributed by atoms with Crippen LogP contribution in [0.25, 0.3) is 6.08 Å². The Hall–Kier alpha value is -2.63. The summed E-state index contributed by atoms with van der Waals surface area (Å²) in [6.45, 7) is 3.69. The Morgan fingerprint density at radius 1 is 1.00 bits per heavy atom. The van der Waals surface area contributed by atoms with Gasteiger partial charge in [0.25, 0.3) is 0 Å². The number of aliphatic carboxylic acids is 1. The first-order valence-corrected chi connectivity index (χ1v) is 7.42. The van der Waals surface area contributed by atoms with E-state index in [1.807, 2.05) is 13.8 Å². The molecule has 0 unspecified atom stereocenters. The summed E-state index contributed by atoms with van der Waals surface area (Å²) in [5, 5.41) is 8.65. The molecule has 23 heavy (non-hydrogen) atoms. The van der Waals surface area contributed by atoms with Crippen LogP contribution in [0.2, 0.25) is 0 Å². The highest BCUT2D eigenvalue weighted by molar-refractivity contribution is 5.85. The lowest BCUT2D eigenvalue weighted by Crippen LogP contribution is -2.11. The molecule has 0 aliphatic heterocycles.